The fourth-order valence-corrected chi connectivity index (χ4v) is 2.86. The zero-order valence-corrected chi connectivity index (χ0v) is 13.9. The van der Waals surface area contributed by atoms with Crippen molar-refractivity contribution in [2.75, 3.05) is 23.4 Å². The Kier molecular flexibility index (Phi) is 4.83. The number of aromatic nitrogens is 4. The summed E-state index contributed by atoms with van der Waals surface area (Å²) >= 11 is 0. The van der Waals surface area contributed by atoms with Gasteiger partial charge >= 0.3 is 0 Å². The van der Waals surface area contributed by atoms with E-state index in [1.54, 1.807) is 18.6 Å². The van der Waals surface area contributed by atoms with Crippen LogP contribution in [-0.2, 0) is 4.79 Å². The topological polar surface area (TPSA) is 95.9 Å². The lowest BCUT2D eigenvalue weighted by Crippen LogP contribution is -2.45. The number of anilines is 2. The van der Waals surface area contributed by atoms with Crippen LogP contribution in [0.15, 0.2) is 24.7 Å². The molecule has 1 aliphatic rings. The van der Waals surface area contributed by atoms with Gasteiger partial charge in [0.05, 0.1) is 12.1 Å². The van der Waals surface area contributed by atoms with E-state index in [0.717, 1.165) is 36.6 Å². The second-order valence-electron chi connectivity index (χ2n) is 5.94. The lowest BCUT2D eigenvalue weighted by atomic mass is 9.97. The number of carbonyl (C=O) groups is 1. The first-order valence-electron chi connectivity index (χ1n) is 8.01. The van der Waals surface area contributed by atoms with Crippen molar-refractivity contribution in [1.29, 1.82) is 0 Å². The number of nitrogens with one attached hydrogen (secondary N) is 2. The molecular formula is C16H21N7O. The molecule has 8 heteroatoms. The number of hydrogen-bond acceptors (Lipinski definition) is 7. The van der Waals surface area contributed by atoms with E-state index < -0.39 is 0 Å². The number of carbonyl (C=O) groups excluding carboxylic acids is 1. The fraction of sp³-hybridized carbons (Fsp3) is 0.438. The lowest BCUT2D eigenvalue weighted by Gasteiger charge is -2.32. The molecule has 2 N–H and O–H groups in total. The van der Waals surface area contributed by atoms with Gasteiger partial charge < -0.3 is 4.90 Å². The van der Waals surface area contributed by atoms with Crippen LogP contribution in [0.4, 0.5) is 11.8 Å². The van der Waals surface area contributed by atoms with E-state index in [2.05, 4.69) is 35.7 Å². The van der Waals surface area contributed by atoms with E-state index in [9.17, 15) is 4.79 Å². The van der Waals surface area contributed by atoms with Gasteiger partial charge in [-0.05, 0) is 32.8 Å². The van der Waals surface area contributed by atoms with E-state index >= 15 is 0 Å². The first-order valence-corrected chi connectivity index (χ1v) is 8.01. The summed E-state index contributed by atoms with van der Waals surface area (Å²) in [7, 11) is 0. The van der Waals surface area contributed by atoms with Crippen molar-refractivity contribution in [2.24, 2.45) is 5.92 Å². The van der Waals surface area contributed by atoms with Crippen LogP contribution in [0.25, 0.3) is 0 Å². The molecule has 1 fully saturated rings. The van der Waals surface area contributed by atoms with Crippen LogP contribution in [0.1, 0.15) is 24.2 Å². The minimum absolute atomic E-state index is 0.0636. The van der Waals surface area contributed by atoms with E-state index in [4.69, 9.17) is 0 Å². The molecule has 24 heavy (non-hydrogen) atoms. The van der Waals surface area contributed by atoms with Crippen molar-refractivity contribution in [3.63, 3.8) is 0 Å². The van der Waals surface area contributed by atoms with Crippen LogP contribution in [0.5, 0.6) is 0 Å². The highest BCUT2D eigenvalue weighted by atomic mass is 16.2. The summed E-state index contributed by atoms with van der Waals surface area (Å²) in [6.07, 6.45) is 6.82. The Morgan fingerprint density at radius 1 is 1.25 bits per heavy atom. The highest BCUT2D eigenvalue weighted by molar-refractivity contribution is 5.80. The van der Waals surface area contributed by atoms with Gasteiger partial charge in [0.2, 0.25) is 11.9 Å². The Bertz CT molecular complexity index is 687. The lowest BCUT2D eigenvalue weighted by molar-refractivity contribution is -0.124. The highest BCUT2D eigenvalue weighted by Gasteiger charge is 2.26. The monoisotopic (exact) mass is 327 g/mol. The smallest absolute Gasteiger partial charge is 0.243 e. The maximum Gasteiger partial charge on any atom is 0.243 e. The normalized spacial score (nSPS) is 17.4. The molecule has 1 amide bonds. The molecule has 3 rings (SSSR count). The van der Waals surface area contributed by atoms with E-state index in [1.165, 1.54) is 0 Å². The first-order chi connectivity index (χ1) is 11.6. The molecule has 1 saturated heterocycles. The SMILES string of the molecule is Cc1cc(C)nc(NNC(=O)C2CCCN(c3cnccn3)C2)n1. The Hall–Kier alpha value is -2.77. The van der Waals surface area contributed by atoms with Gasteiger partial charge in [-0.25, -0.2) is 15.0 Å². The Labute approximate surface area is 140 Å². The summed E-state index contributed by atoms with van der Waals surface area (Å²) in [6.45, 7) is 5.29. The van der Waals surface area contributed by atoms with Crippen LogP contribution in [0.2, 0.25) is 0 Å². The summed E-state index contributed by atoms with van der Waals surface area (Å²) in [6, 6.07) is 1.88. The Balaban J connectivity index is 1.58. The molecule has 0 aliphatic carbocycles. The molecule has 126 valence electrons. The molecule has 8 nitrogen and oxygen atoms in total. The Morgan fingerprint density at radius 2 is 2.04 bits per heavy atom. The van der Waals surface area contributed by atoms with Crippen molar-refractivity contribution in [3.05, 3.63) is 36.0 Å². The fourth-order valence-electron chi connectivity index (χ4n) is 2.86. The molecule has 0 saturated carbocycles. The second-order valence-corrected chi connectivity index (χ2v) is 5.94. The second kappa shape index (κ2) is 7.20. The van der Waals surface area contributed by atoms with Gasteiger partial charge in [0.25, 0.3) is 0 Å². The van der Waals surface area contributed by atoms with Crippen LogP contribution in [0.3, 0.4) is 0 Å². The number of aryl methyl sites for hydroxylation is 2. The number of hydrazine groups is 1. The quantitative estimate of drug-likeness (QED) is 0.816. The van der Waals surface area contributed by atoms with Gasteiger partial charge in [0, 0.05) is 36.9 Å². The summed E-state index contributed by atoms with van der Waals surface area (Å²) in [5.74, 6) is 1.04. The van der Waals surface area contributed by atoms with Crippen molar-refractivity contribution in [3.8, 4) is 0 Å². The third-order valence-electron chi connectivity index (χ3n) is 3.95. The zero-order chi connectivity index (χ0) is 16.9. The van der Waals surface area contributed by atoms with E-state index in [-0.39, 0.29) is 11.8 Å². The highest BCUT2D eigenvalue weighted by Crippen LogP contribution is 2.20. The predicted octanol–water partition coefficient (Wildman–Crippen LogP) is 1.24. The molecule has 0 spiro atoms. The summed E-state index contributed by atoms with van der Waals surface area (Å²) in [5, 5.41) is 0. The van der Waals surface area contributed by atoms with Crippen molar-refractivity contribution in [2.45, 2.75) is 26.7 Å². The number of nitrogens with zero attached hydrogens (tertiary/aromatic N) is 5. The summed E-state index contributed by atoms with van der Waals surface area (Å²) < 4.78 is 0. The summed E-state index contributed by atoms with van der Waals surface area (Å²) in [5.41, 5.74) is 7.23. The molecule has 0 bridgehead atoms. The van der Waals surface area contributed by atoms with E-state index in [0.29, 0.717) is 12.5 Å². The molecule has 0 radical (unpaired) electrons. The zero-order valence-electron chi connectivity index (χ0n) is 13.9. The van der Waals surface area contributed by atoms with Gasteiger partial charge in [-0.3, -0.25) is 20.6 Å². The van der Waals surface area contributed by atoms with Crippen LogP contribution in [-0.4, -0.2) is 38.9 Å². The minimum Gasteiger partial charge on any atom is -0.355 e. The molecule has 1 aliphatic heterocycles. The van der Waals surface area contributed by atoms with Crippen molar-refractivity contribution in [1.82, 2.24) is 25.4 Å². The van der Waals surface area contributed by atoms with Crippen LogP contribution >= 0.6 is 0 Å². The minimum atomic E-state index is -0.112. The molecule has 0 aromatic carbocycles. The van der Waals surface area contributed by atoms with Gasteiger partial charge in [0.1, 0.15) is 5.82 Å². The van der Waals surface area contributed by atoms with E-state index in [1.807, 2.05) is 19.9 Å². The van der Waals surface area contributed by atoms with Crippen LogP contribution < -0.4 is 15.8 Å². The molecule has 1 unspecified atom stereocenters. The van der Waals surface area contributed by atoms with Crippen molar-refractivity contribution < 1.29 is 4.79 Å². The van der Waals surface area contributed by atoms with Gasteiger partial charge in [-0.15, -0.1) is 0 Å². The number of rotatable bonds is 4. The first kappa shape index (κ1) is 16.1. The molecular weight excluding hydrogens is 306 g/mol. The number of amides is 1. The standard InChI is InChI=1S/C16H21N7O/c1-11-8-12(2)20-16(19-11)22-21-15(24)13-4-3-7-23(10-13)14-9-17-5-6-18-14/h5-6,8-9,13H,3-4,7,10H2,1-2H3,(H,21,24)(H,19,20,22). The Morgan fingerprint density at radius 3 is 2.75 bits per heavy atom. The number of piperidine rings is 1. The number of hydrogen-bond donors (Lipinski definition) is 2. The van der Waals surface area contributed by atoms with Crippen molar-refractivity contribution >= 4 is 17.7 Å². The van der Waals surface area contributed by atoms with Gasteiger partial charge in [-0.2, -0.15) is 0 Å². The largest absolute Gasteiger partial charge is 0.355 e. The average Bonchev–Trinajstić information content (AvgIpc) is 2.60. The molecule has 3 heterocycles. The maximum absolute atomic E-state index is 12.4. The molecule has 2 aromatic heterocycles. The average molecular weight is 327 g/mol. The summed E-state index contributed by atoms with van der Waals surface area (Å²) in [4.78, 5) is 31.4. The third kappa shape index (κ3) is 3.95. The molecule has 2 aromatic rings. The molecule has 1 atom stereocenters. The predicted molar refractivity (Wildman–Crippen MR) is 90.2 cm³/mol. The van der Waals surface area contributed by atoms with Crippen LogP contribution in [0, 0.1) is 19.8 Å². The van der Waals surface area contributed by atoms with Gasteiger partial charge in [-0.1, -0.05) is 0 Å². The maximum atomic E-state index is 12.4. The van der Waals surface area contributed by atoms with Gasteiger partial charge in [0.15, 0.2) is 0 Å². The third-order valence-corrected chi connectivity index (χ3v) is 3.95.